The number of nitro groups is 1. The summed E-state index contributed by atoms with van der Waals surface area (Å²) in [7, 11) is 3.09. The van der Waals surface area contributed by atoms with Gasteiger partial charge in [-0.3, -0.25) is 14.9 Å². The molecule has 4 aromatic carbocycles. The summed E-state index contributed by atoms with van der Waals surface area (Å²) in [6.07, 6.45) is 1.51. The predicted octanol–water partition coefficient (Wildman–Crippen LogP) is 6.96. The summed E-state index contributed by atoms with van der Waals surface area (Å²) < 4.78 is 24.9. The number of non-ortho nitro benzene ring substituents is 1. The van der Waals surface area contributed by atoms with E-state index in [1.54, 1.807) is 55.6 Å². The second kappa shape index (κ2) is 12.0. The molecule has 2 aromatic heterocycles. The monoisotopic (exact) mass is 654 g/mol. The first kappa shape index (κ1) is 28.6. The Morgan fingerprint density at radius 1 is 0.955 bits per heavy atom. The lowest BCUT2D eigenvalue weighted by atomic mass is 10.2. The predicted molar refractivity (Wildman–Crippen MR) is 169 cm³/mol. The van der Waals surface area contributed by atoms with Crippen molar-refractivity contribution in [3.05, 3.63) is 121 Å². The maximum atomic E-state index is 13.7. The van der Waals surface area contributed by atoms with E-state index in [2.05, 4.69) is 21.0 Å². The molecule has 0 saturated heterocycles. The topological polar surface area (TPSA) is 131 Å². The van der Waals surface area contributed by atoms with Crippen molar-refractivity contribution in [1.29, 1.82) is 0 Å². The lowest BCUT2D eigenvalue weighted by molar-refractivity contribution is -0.384. The van der Waals surface area contributed by atoms with Crippen LogP contribution in [0.25, 0.3) is 33.5 Å². The standard InChI is InChI=1S/C32H23BrN4O7/c1-41-26-8-5-9-27-23(26)15-30(44-27)31-35-25-7-4-3-6-22(25)32(38)36(31)34-17-20-14-28(42-2)29(16-24(20)33)43-18-19-10-12-21(13-11-19)37(39)40/h3-17H,18H2,1-2H3. The molecule has 0 unspecified atom stereocenters. The molecule has 0 fully saturated rings. The lowest BCUT2D eigenvalue weighted by Gasteiger charge is -2.13. The number of nitrogens with zero attached hydrogens (tertiary/aromatic N) is 4. The molecule has 11 nitrogen and oxygen atoms in total. The molecular weight excluding hydrogens is 632 g/mol. The van der Waals surface area contributed by atoms with Crippen LogP contribution in [0.5, 0.6) is 17.2 Å². The second-order valence-electron chi connectivity index (χ2n) is 9.53. The van der Waals surface area contributed by atoms with Crippen molar-refractivity contribution in [3.63, 3.8) is 0 Å². The number of nitro benzene ring substituents is 1. The first-order valence-corrected chi connectivity index (χ1v) is 14.0. The molecule has 6 aromatic rings. The van der Waals surface area contributed by atoms with E-state index < -0.39 is 4.92 Å². The third-order valence-electron chi connectivity index (χ3n) is 6.85. The smallest absolute Gasteiger partial charge is 0.282 e. The fourth-order valence-electron chi connectivity index (χ4n) is 4.63. The van der Waals surface area contributed by atoms with Gasteiger partial charge < -0.3 is 18.6 Å². The molecule has 0 aliphatic heterocycles. The molecule has 12 heteroatoms. The van der Waals surface area contributed by atoms with E-state index in [9.17, 15) is 14.9 Å². The summed E-state index contributed by atoms with van der Waals surface area (Å²) in [5, 5.41) is 16.6. The van der Waals surface area contributed by atoms with Crippen molar-refractivity contribution >= 4 is 49.7 Å². The maximum absolute atomic E-state index is 13.7. The van der Waals surface area contributed by atoms with Crippen LogP contribution in [-0.2, 0) is 6.61 Å². The van der Waals surface area contributed by atoms with Crippen molar-refractivity contribution in [2.75, 3.05) is 14.2 Å². The molecule has 220 valence electrons. The zero-order chi connectivity index (χ0) is 30.8. The number of fused-ring (bicyclic) bond motifs is 2. The van der Waals surface area contributed by atoms with Gasteiger partial charge in [0.25, 0.3) is 11.2 Å². The van der Waals surface area contributed by atoms with Crippen LogP contribution in [0.3, 0.4) is 0 Å². The van der Waals surface area contributed by atoms with Crippen LogP contribution in [0.4, 0.5) is 5.69 Å². The van der Waals surface area contributed by atoms with E-state index >= 15 is 0 Å². The van der Waals surface area contributed by atoms with Crippen LogP contribution in [0, 0.1) is 10.1 Å². The molecule has 0 radical (unpaired) electrons. The van der Waals surface area contributed by atoms with Gasteiger partial charge in [-0.15, -0.1) is 0 Å². The van der Waals surface area contributed by atoms with Crippen molar-refractivity contribution in [3.8, 4) is 28.8 Å². The minimum atomic E-state index is -0.454. The summed E-state index contributed by atoms with van der Waals surface area (Å²) in [5.74, 6) is 2.05. The number of rotatable bonds is 9. The number of methoxy groups -OCH3 is 2. The molecule has 0 saturated carbocycles. The number of benzene rings is 4. The third kappa shape index (κ3) is 5.50. The van der Waals surface area contributed by atoms with Crippen LogP contribution in [0.15, 0.2) is 104 Å². The van der Waals surface area contributed by atoms with E-state index in [1.165, 1.54) is 30.1 Å². The van der Waals surface area contributed by atoms with Crippen molar-refractivity contribution in [1.82, 2.24) is 9.66 Å². The molecule has 6 rings (SSSR count). The van der Waals surface area contributed by atoms with Gasteiger partial charge in [-0.2, -0.15) is 9.78 Å². The largest absolute Gasteiger partial charge is 0.496 e. The van der Waals surface area contributed by atoms with Crippen molar-refractivity contribution in [2.24, 2.45) is 5.10 Å². The average Bonchev–Trinajstić information content (AvgIpc) is 3.48. The van der Waals surface area contributed by atoms with Gasteiger partial charge in [0, 0.05) is 22.2 Å². The first-order chi connectivity index (χ1) is 21.4. The summed E-state index contributed by atoms with van der Waals surface area (Å²) in [6, 6.07) is 23.8. The maximum Gasteiger partial charge on any atom is 0.282 e. The van der Waals surface area contributed by atoms with Gasteiger partial charge >= 0.3 is 0 Å². The number of hydrogen-bond donors (Lipinski definition) is 0. The number of furan rings is 1. The highest BCUT2D eigenvalue weighted by Crippen LogP contribution is 2.35. The summed E-state index contributed by atoms with van der Waals surface area (Å²) >= 11 is 3.56. The zero-order valence-electron chi connectivity index (χ0n) is 23.4. The number of para-hydroxylation sites is 1. The first-order valence-electron chi connectivity index (χ1n) is 13.2. The Morgan fingerprint density at radius 2 is 1.73 bits per heavy atom. The minimum absolute atomic E-state index is 0.00152. The van der Waals surface area contributed by atoms with Crippen LogP contribution in [0.2, 0.25) is 0 Å². The van der Waals surface area contributed by atoms with Crippen LogP contribution >= 0.6 is 15.9 Å². The van der Waals surface area contributed by atoms with Gasteiger partial charge in [0.2, 0.25) is 5.82 Å². The highest BCUT2D eigenvalue weighted by atomic mass is 79.9. The summed E-state index contributed by atoms with van der Waals surface area (Å²) in [5.41, 5.74) is 2.06. The van der Waals surface area contributed by atoms with E-state index in [1.807, 2.05) is 24.3 Å². The molecule has 0 aliphatic rings. The van der Waals surface area contributed by atoms with Gasteiger partial charge in [-0.25, -0.2) is 4.98 Å². The van der Waals surface area contributed by atoms with Crippen molar-refractivity contribution in [2.45, 2.75) is 6.61 Å². The highest BCUT2D eigenvalue weighted by molar-refractivity contribution is 9.10. The number of hydrogen-bond acceptors (Lipinski definition) is 9. The summed E-state index contributed by atoms with van der Waals surface area (Å²) in [6.45, 7) is 0.165. The van der Waals surface area contributed by atoms with Gasteiger partial charge in [-0.1, -0.05) is 18.2 Å². The molecule has 44 heavy (non-hydrogen) atoms. The molecule has 0 bridgehead atoms. The Balaban J connectivity index is 1.37. The fourth-order valence-corrected chi connectivity index (χ4v) is 5.05. The zero-order valence-corrected chi connectivity index (χ0v) is 25.0. The number of halogens is 1. The molecule has 0 spiro atoms. The molecule has 2 heterocycles. The summed E-state index contributed by atoms with van der Waals surface area (Å²) in [4.78, 5) is 28.9. The Hall–Kier alpha value is -5.49. The number of ether oxygens (including phenoxy) is 3. The average molecular weight is 655 g/mol. The highest BCUT2D eigenvalue weighted by Gasteiger charge is 2.18. The quantitative estimate of drug-likeness (QED) is 0.0929. The number of aromatic nitrogens is 2. The second-order valence-corrected chi connectivity index (χ2v) is 10.4. The Kier molecular flexibility index (Phi) is 7.82. The van der Waals surface area contributed by atoms with Gasteiger partial charge in [-0.05, 0) is 76.1 Å². The Bertz CT molecular complexity index is 2120. The van der Waals surface area contributed by atoms with Crippen LogP contribution in [0.1, 0.15) is 11.1 Å². The van der Waals surface area contributed by atoms with Crippen molar-refractivity contribution < 1.29 is 23.6 Å². The molecule has 0 N–H and O–H groups in total. The third-order valence-corrected chi connectivity index (χ3v) is 7.54. The van der Waals surface area contributed by atoms with E-state index in [0.29, 0.717) is 49.5 Å². The van der Waals surface area contributed by atoms with E-state index in [0.717, 1.165) is 10.9 Å². The Morgan fingerprint density at radius 3 is 2.48 bits per heavy atom. The minimum Gasteiger partial charge on any atom is -0.496 e. The SMILES string of the molecule is COc1cc(C=Nn2c(-c3cc4c(OC)cccc4o3)nc3ccccc3c2=O)c(Br)cc1OCc1ccc([N+](=O)[O-])cc1. The molecule has 0 amide bonds. The molecule has 0 atom stereocenters. The normalized spacial score (nSPS) is 11.3. The lowest BCUT2D eigenvalue weighted by Crippen LogP contribution is -2.20. The van der Waals surface area contributed by atoms with Crippen LogP contribution < -0.4 is 19.8 Å². The van der Waals surface area contributed by atoms with Crippen LogP contribution in [-0.4, -0.2) is 35.0 Å². The van der Waals surface area contributed by atoms with Gasteiger partial charge in [0.15, 0.2) is 17.3 Å². The van der Waals surface area contributed by atoms with E-state index in [4.69, 9.17) is 23.6 Å². The van der Waals surface area contributed by atoms with Gasteiger partial charge in [0.1, 0.15) is 17.9 Å². The fraction of sp³-hybridized carbons (Fsp3) is 0.0938. The Labute approximate surface area is 258 Å². The molecule has 0 aliphatic carbocycles. The van der Waals surface area contributed by atoms with E-state index in [-0.39, 0.29) is 23.7 Å². The van der Waals surface area contributed by atoms with Gasteiger partial charge in [0.05, 0.1) is 41.6 Å². The molecular formula is C32H23BrN4O7.